The predicted octanol–water partition coefficient (Wildman–Crippen LogP) is 4.17. The summed E-state index contributed by atoms with van der Waals surface area (Å²) in [5, 5.41) is 5.54. The molecule has 7 nitrogen and oxygen atoms in total. The Morgan fingerprint density at radius 1 is 1.23 bits per heavy atom. The Morgan fingerprint density at radius 2 is 1.90 bits per heavy atom. The molecule has 10 heteroatoms. The monoisotopic (exact) mass is 440 g/mol. The van der Waals surface area contributed by atoms with Crippen LogP contribution < -0.4 is 0 Å². The molecule has 30 heavy (non-hydrogen) atoms. The molecule has 2 aromatic carbocycles. The second kappa shape index (κ2) is 10.5. The van der Waals surface area contributed by atoms with Crippen LogP contribution in [0, 0.1) is 11.6 Å². The number of benzene rings is 2. The van der Waals surface area contributed by atoms with E-state index < -0.39 is 19.5 Å². The minimum atomic E-state index is -4.18. The number of hydrogen-bond acceptors (Lipinski definition) is 4. The zero-order valence-corrected chi connectivity index (χ0v) is 17.4. The quantitative estimate of drug-likeness (QED) is 0.680. The van der Waals surface area contributed by atoms with Crippen molar-refractivity contribution in [1.29, 1.82) is 0 Å². The van der Waals surface area contributed by atoms with Crippen molar-refractivity contribution >= 4 is 19.4 Å². The molecule has 1 heterocycles. The fourth-order valence-corrected chi connectivity index (χ4v) is 3.25. The third-order valence-corrected chi connectivity index (χ3v) is 4.64. The number of nitrogens with zero attached hydrogens (tertiary/aromatic N) is 2. The topological polar surface area (TPSA) is 99.4 Å². The summed E-state index contributed by atoms with van der Waals surface area (Å²) in [5.41, 5.74) is 1.39. The number of rotatable bonds is 5. The van der Waals surface area contributed by atoms with E-state index in [2.05, 4.69) is 9.63 Å². The standard InChI is InChI=1S/C17H14F2N2O.C3H9O4P/c1-11(22)21-17(12-5-3-2-4-6-12)10-16(20-21)14-9-13(18)7-8-15(14)19;1-2-3-7-8(4,5)6/h2-9,17H,10H2,1H3;2-3H2,1H3,(H2,4,5,6)/t17-;/m0./s1. The Hall–Kier alpha value is -2.45. The molecule has 0 radical (unpaired) electrons. The number of phosphoric ester groups is 1. The summed E-state index contributed by atoms with van der Waals surface area (Å²) in [5.74, 6) is -1.31. The molecule has 1 aliphatic rings. The number of carbonyl (C=O) groups is 1. The SMILES string of the molecule is CC(=O)N1N=C(c2cc(F)ccc2F)C[C@H]1c1ccccc1.CCCOP(=O)(O)O. The van der Waals surface area contributed by atoms with E-state index in [9.17, 15) is 18.1 Å². The van der Waals surface area contributed by atoms with Crippen LogP contribution in [-0.2, 0) is 13.9 Å². The first-order valence-corrected chi connectivity index (χ1v) is 10.7. The van der Waals surface area contributed by atoms with Crippen molar-refractivity contribution in [1.82, 2.24) is 5.01 Å². The average Bonchev–Trinajstić information content (AvgIpc) is 3.14. The van der Waals surface area contributed by atoms with E-state index in [4.69, 9.17) is 9.79 Å². The Bertz CT molecular complexity index is 949. The van der Waals surface area contributed by atoms with Crippen molar-refractivity contribution in [3.63, 3.8) is 0 Å². The zero-order valence-electron chi connectivity index (χ0n) is 16.5. The van der Waals surface area contributed by atoms with Crippen molar-refractivity contribution in [3.05, 3.63) is 71.3 Å². The van der Waals surface area contributed by atoms with Gasteiger partial charge in [-0.15, -0.1) is 0 Å². The van der Waals surface area contributed by atoms with Crippen LogP contribution in [0.3, 0.4) is 0 Å². The maximum absolute atomic E-state index is 13.9. The number of hydrazone groups is 1. The zero-order chi connectivity index (χ0) is 22.3. The van der Waals surface area contributed by atoms with Crippen molar-refractivity contribution in [2.45, 2.75) is 32.7 Å². The Morgan fingerprint density at radius 3 is 2.43 bits per heavy atom. The van der Waals surface area contributed by atoms with Gasteiger partial charge in [0, 0.05) is 18.9 Å². The first kappa shape index (κ1) is 23.8. The minimum absolute atomic E-state index is 0.102. The van der Waals surface area contributed by atoms with E-state index >= 15 is 0 Å². The van der Waals surface area contributed by atoms with Gasteiger partial charge in [0.05, 0.1) is 18.4 Å². The fraction of sp³-hybridized carbons (Fsp3) is 0.300. The van der Waals surface area contributed by atoms with Gasteiger partial charge in [0.1, 0.15) is 11.6 Å². The number of carbonyl (C=O) groups excluding carboxylic acids is 1. The lowest BCUT2D eigenvalue weighted by atomic mass is 9.98. The highest BCUT2D eigenvalue weighted by molar-refractivity contribution is 7.46. The first-order valence-electron chi connectivity index (χ1n) is 9.20. The lowest BCUT2D eigenvalue weighted by Crippen LogP contribution is -2.24. The third kappa shape index (κ3) is 6.81. The number of phosphoric acid groups is 1. The highest BCUT2D eigenvalue weighted by atomic mass is 31.2. The smallest absolute Gasteiger partial charge is 0.303 e. The van der Waals surface area contributed by atoms with E-state index in [0.717, 1.165) is 23.8 Å². The van der Waals surface area contributed by atoms with Gasteiger partial charge < -0.3 is 9.79 Å². The summed E-state index contributed by atoms with van der Waals surface area (Å²) in [7, 11) is -4.18. The molecule has 1 amide bonds. The van der Waals surface area contributed by atoms with Crippen molar-refractivity contribution in [3.8, 4) is 0 Å². The number of amides is 1. The number of halogens is 2. The van der Waals surface area contributed by atoms with Gasteiger partial charge in [-0.1, -0.05) is 37.3 Å². The maximum atomic E-state index is 13.9. The van der Waals surface area contributed by atoms with Gasteiger partial charge in [-0.05, 0) is 30.2 Å². The van der Waals surface area contributed by atoms with Crippen LogP contribution in [0.25, 0.3) is 0 Å². The maximum Gasteiger partial charge on any atom is 0.469 e. The van der Waals surface area contributed by atoms with Crippen LogP contribution in [0.4, 0.5) is 8.78 Å². The fourth-order valence-electron chi connectivity index (χ4n) is 2.83. The third-order valence-electron chi connectivity index (χ3n) is 4.12. The van der Waals surface area contributed by atoms with E-state index in [1.165, 1.54) is 11.9 Å². The van der Waals surface area contributed by atoms with Gasteiger partial charge in [0.2, 0.25) is 5.91 Å². The summed E-state index contributed by atoms with van der Waals surface area (Å²) in [4.78, 5) is 27.9. The van der Waals surface area contributed by atoms with Gasteiger partial charge in [0.25, 0.3) is 0 Å². The van der Waals surface area contributed by atoms with Crippen LogP contribution in [0.2, 0.25) is 0 Å². The van der Waals surface area contributed by atoms with Crippen LogP contribution in [0.15, 0.2) is 53.6 Å². The van der Waals surface area contributed by atoms with Gasteiger partial charge in [-0.3, -0.25) is 9.32 Å². The van der Waals surface area contributed by atoms with Gasteiger partial charge in [-0.25, -0.2) is 18.4 Å². The molecular weight excluding hydrogens is 417 g/mol. The number of hydrogen-bond donors (Lipinski definition) is 2. The van der Waals surface area contributed by atoms with Crippen LogP contribution >= 0.6 is 7.82 Å². The highest BCUT2D eigenvalue weighted by Gasteiger charge is 2.32. The van der Waals surface area contributed by atoms with Gasteiger partial charge in [0.15, 0.2) is 0 Å². The van der Waals surface area contributed by atoms with Crippen LogP contribution in [0.1, 0.15) is 43.9 Å². The summed E-state index contributed by atoms with van der Waals surface area (Å²) < 4.78 is 41.2. The van der Waals surface area contributed by atoms with E-state index in [-0.39, 0.29) is 24.1 Å². The van der Waals surface area contributed by atoms with Crippen molar-refractivity contribution in [2.75, 3.05) is 6.61 Å². The molecule has 0 fully saturated rings. The first-order chi connectivity index (χ1) is 14.1. The molecule has 0 bridgehead atoms. The highest BCUT2D eigenvalue weighted by Crippen LogP contribution is 2.35. The molecule has 0 spiro atoms. The molecule has 0 aliphatic carbocycles. The molecule has 2 aromatic rings. The molecule has 0 unspecified atom stereocenters. The Labute approximate surface area is 173 Å². The molecule has 0 saturated carbocycles. The van der Waals surface area contributed by atoms with Crippen molar-refractivity contribution in [2.24, 2.45) is 5.10 Å². The summed E-state index contributed by atoms with van der Waals surface area (Å²) in [6, 6.07) is 12.3. The van der Waals surface area contributed by atoms with E-state index in [1.54, 1.807) is 6.92 Å². The van der Waals surface area contributed by atoms with Crippen LogP contribution in [-0.4, -0.2) is 33.0 Å². The Balaban J connectivity index is 0.000000343. The largest absolute Gasteiger partial charge is 0.469 e. The molecular formula is C20H23F2N2O5P. The van der Waals surface area contributed by atoms with Gasteiger partial charge >= 0.3 is 7.82 Å². The Kier molecular flexibility index (Phi) is 8.37. The molecule has 162 valence electrons. The molecule has 3 rings (SSSR count). The summed E-state index contributed by atoms with van der Waals surface area (Å²) in [6.07, 6.45) is 0.967. The second-order valence-electron chi connectivity index (χ2n) is 6.49. The second-order valence-corrected chi connectivity index (χ2v) is 7.73. The normalized spacial score (nSPS) is 16.0. The van der Waals surface area contributed by atoms with Gasteiger partial charge in [-0.2, -0.15) is 5.10 Å². The van der Waals surface area contributed by atoms with Crippen molar-refractivity contribution < 1.29 is 32.5 Å². The van der Waals surface area contributed by atoms with E-state index in [0.29, 0.717) is 18.6 Å². The molecule has 0 saturated heterocycles. The lowest BCUT2D eigenvalue weighted by molar-refractivity contribution is -0.130. The lowest BCUT2D eigenvalue weighted by Gasteiger charge is -2.20. The molecule has 1 aliphatic heterocycles. The molecule has 2 N–H and O–H groups in total. The summed E-state index contributed by atoms with van der Waals surface area (Å²) in [6.45, 7) is 3.30. The average molecular weight is 440 g/mol. The molecule has 0 aromatic heterocycles. The molecule has 1 atom stereocenters. The minimum Gasteiger partial charge on any atom is -0.303 e. The predicted molar refractivity (Wildman–Crippen MR) is 108 cm³/mol. The van der Waals surface area contributed by atoms with E-state index in [1.807, 2.05) is 30.3 Å². The summed E-state index contributed by atoms with van der Waals surface area (Å²) >= 11 is 0. The van der Waals surface area contributed by atoms with Crippen LogP contribution in [0.5, 0.6) is 0 Å².